The Morgan fingerprint density at radius 3 is 1.70 bits per heavy atom. The first kappa shape index (κ1) is 19.4. The summed E-state index contributed by atoms with van der Waals surface area (Å²) in [6.45, 7) is 3.72. The van der Waals surface area contributed by atoms with E-state index in [1.165, 1.54) is 38.5 Å². The second-order valence-electron chi connectivity index (χ2n) is 5.24. The molecule has 20 heavy (non-hydrogen) atoms. The minimum atomic E-state index is -3.77. The van der Waals surface area contributed by atoms with Crippen LogP contribution >= 0.6 is 0 Å². The van der Waals surface area contributed by atoms with Gasteiger partial charge in [0.25, 0.3) is 10.1 Å². The molecule has 3 nitrogen and oxygen atoms in total. The number of hydrogen-bond acceptors (Lipinski definition) is 2. The predicted molar refractivity (Wildman–Crippen MR) is 86.5 cm³/mol. The fourth-order valence-corrected chi connectivity index (χ4v) is 2.61. The van der Waals surface area contributed by atoms with Crippen LogP contribution in [-0.2, 0) is 10.1 Å². The van der Waals surface area contributed by atoms with Crippen LogP contribution in [0, 0.1) is 0 Å². The number of unbranched alkanes of at least 4 members (excludes halogenated alkanes) is 9. The first-order valence-corrected chi connectivity index (χ1v) is 9.38. The Balaban J connectivity index is 3.18. The molecule has 0 spiro atoms. The Morgan fingerprint density at radius 1 is 0.750 bits per heavy atom. The van der Waals surface area contributed by atoms with Crippen LogP contribution in [0.5, 0.6) is 0 Å². The van der Waals surface area contributed by atoms with Gasteiger partial charge in [-0.15, -0.1) is 6.58 Å². The molecule has 0 fully saturated rings. The van der Waals surface area contributed by atoms with Crippen LogP contribution in [-0.4, -0.2) is 18.7 Å². The summed E-state index contributed by atoms with van der Waals surface area (Å²) >= 11 is 0. The maximum Gasteiger partial charge on any atom is 0.264 e. The van der Waals surface area contributed by atoms with E-state index in [9.17, 15) is 8.42 Å². The van der Waals surface area contributed by atoms with E-state index in [1.807, 2.05) is 6.08 Å². The first-order valence-electron chi connectivity index (χ1n) is 7.77. The van der Waals surface area contributed by atoms with Crippen molar-refractivity contribution >= 4 is 10.1 Å². The SMILES string of the molecule is C=CCCCCCCCCC=CCCCCS(=O)(=O)O. The molecule has 0 aromatic rings. The molecule has 0 aliphatic rings. The van der Waals surface area contributed by atoms with E-state index in [0.29, 0.717) is 6.42 Å². The highest BCUT2D eigenvalue weighted by Gasteiger charge is 2.01. The lowest BCUT2D eigenvalue weighted by Gasteiger charge is -1.99. The second-order valence-corrected chi connectivity index (χ2v) is 6.81. The highest BCUT2D eigenvalue weighted by atomic mass is 32.2. The standard InChI is InChI=1S/C16H30O3S/c1-2-3-4-5-6-7-8-9-10-11-12-13-14-15-16-20(17,18)19/h2,11-12H,1,3-10,13-16H2,(H,17,18,19). The van der Waals surface area contributed by atoms with Gasteiger partial charge >= 0.3 is 0 Å². The molecule has 0 aromatic heterocycles. The molecular weight excluding hydrogens is 272 g/mol. The lowest BCUT2D eigenvalue weighted by molar-refractivity contribution is 0.480. The topological polar surface area (TPSA) is 54.4 Å². The van der Waals surface area contributed by atoms with Gasteiger partial charge in [0.1, 0.15) is 0 Å². The zero-order chi connectivity index (χ0) is 15.1. The molecular formula is C16H30O3S. The normalized spacial score (nSPS) is 12.1. The van der Waals surface area contributed by atoms with Crippen LogP contribution in [0.25, 0.3) is 0 Å². The number of hydrogen-bond donors (Lipinski definition) is 1. The predicted octanol–water partition coefficient (Wildman–Crippen LogP) is 4.91. The fourth-order valence-electron chi connectivity index (χ4n) is 2.04. The van der Waals surface area contributed by atoms with Crippen LogP contribution in [0.1, 0.15) is 70.6 Å². The zero-order valence-corrected chi connectivity index (χ0v) is 13.4. The van der Waals surface area contributed by atoms with Crippen molar-refractivity contribution in [3.63, 3.8) is 0 Å². The quantitative estimate of drug-likeness (QED) is 0.282. The lowest BCUT2D eigenvalue weighted by Crippen LogP contribution is -2.02. The highest BCUT2D eigenvalue weighted by molar-refractivity contribution is 7.85. The maximum atomic E-state index is 10.5. The molecule has 0 unspecified atom stereocenters. The third kappa shape index (κ3) is 17.4. The van der Waals surface area contributed by atoms with E-state index in [0.717, 1.165) is 25.7 Å². The third-order valence-corrected chi connectivity index (χ3v) is 4.02. The molecule has 0 saturated heterocycles. The molecule has 1 N–H and O–H groups in total. The van der Waals surface area contributed by atoms with E-state index >= 15 is 0 Å². The second kappa shape index (κ2) is 13.4. The Labute approximate surface area is 124 Å². The molecule has 0 radical (unpaired) electrons. The van der Waals surface area contributed by atoms with E-state index < -0.39 is 10.1 Å². The molecule has 118 valence electrons. The average molecular weight is 302 g/mol. The summed E-state index contributed by atoms with van der Waals surface area (Å²) < 4.78 is 29.5. The maximum absolute atomic E-state index is 10.5. The molecule has 0 aliphatic heterocycles. The van der Waals surface area contributed by atoms with Gasteiger partial charge in [0.2, 0.25) is 0 Å². The summed E-state index contributed by atoms with van der Waals surface area (Å²) in [4.78, 5) is 0. The Morgan fingerprint density at radius 2 is 1.20 bits per heavy atom. The number of rotatable bonds is 14. The first-order chi connectivity index (χ1) is 9.56. The van der Waals surface area contributed by atoms with Gasteiger partial charge in [-0.2, -0.15) is 8.42 Å². The van der Waals surface area contributed by atoms with Crippen LogP contribution in [0.15, 0.2) is 24.8 Å². The number of allylic oxidation sites excluding steroid dienone is 3. The van der Waals surface area contributed by atoms with Crippen LogP contribution < -0.4 is 0 Å². The summed E-state index contributed by atoms with van der Waals surface area (Å²) in [5, 5.41) is 0. The minimum absolute atomic E-state index is 0.118. The van der Waals surface area contributed by atoms with Crippen molar-refractivity contribution in [2.75, 3.05) is 5.75 Å². The largest absolute Gasteiger partial charge is 0.286 e. The van der Waals surface area contributed by atoms with Gasteiger partial charge in [-0.05, 0) is 44.9 Å². The van der Waals surface area contributed by atoms with Gasteiger partial charge in [0.15, 0.2) is 0 Å². The van der Waals surface area contributed by atoms with Gasteiger partial charge in [0, 0.05) is 0 Å². The Bertz CT molecular complexity index is 345. The summed E-state index contributed by atoms with van der Waals surface area (Å²) in [7, 11) is -3.77. The fraction of sp³-hybridized carbons (Fsp3) is 0.750. The molecule has 0 amide bonds. The molecule has 0 bridgehead atoms. The monoisotopic (exact) mass is 302 g/mol. The summed E-state index contributed by atoms with van der Waals surface area (Å²) in [5.74, 6) is -0.118. The Kier molecular flexibility index (Phi) is 13.0. The molecule has 0 heterocycles. The molecule has 0 aliphatic carbocycles. The molecule has 0 aromatic carbocycles. The van der Waals surface area contributed by atoms with Gasteiger partial charge in [0.05, 0.1) is 5.75 Å². The molecule has 0 saturated carbocycles. The van der Waals surface area contributed by atoms with Crippen molar-refractivity contribution in [3.8, 4) is 0 Å². The van der Waals surface area contributed by atoms with E-state index in [1.54, 1.807) is 0 Å². The Hall–Kier alpha value is -0.610. The van der Waals surface area contributed by atoms with Crippen LogP contribution in [0.2, 0.25) is 0 Å². The van der Waals surface area contributed by atoms with Gasteiger partial charge < -0.3 is 0 Å². The third-order valence-electron chi connectivity index (χ3n) is 3.22. The van der Waals surface area contributed by atoms with E-state index in [-0.39, 0.29) is 5.75 Å². The van der Waals surface area contributed by atoms with Crippen molar-refractivity contribution in [2.45, 2.75) is 70.6 Å². The van der Waals surface area contributed by atoms with Gasteiger partial charge in [-0.3, -0.25) is 4.55 Å². The van der Waals surface area contributed by atoms with Crippen molar-refractivity contribution in [3.05, 3.63) is 24.8 Å². The molecule has 0 rings (SSSR count). The minimum Gasteiger partial charge on any atom is -0.286 e. The summed E-state index contributed by atoms with van der Waals surface area (Å²) in [6, 6.07) is 0. The van der Waals surface area contributed by atoms with Crippen molar-refractivity contribution < 1.29 is 13.0 Å². The van der Waals surface area contributed by atoms with Crippen molar-refractivity contribution in [1.82, 2.24) is 0 Å². The molecule has 0 atom stereocenters. The summed E-state index contributed by atoms with van der Waals surface area (Å²) in [5.41, 5.74) is 0. The molecule has 4 heteroatoms. The van der Waals surface area contributed by atoms with E-state index in [2.05, 4.69) is 18.7 Å². The summed E-state index contributed by atoms with van der Waals surface area (Å²) in [6.07, 6.45) is 18.6. The van der Waals surface area contributed by atoms with Gasteiger partial charge in [-0.1, -0.05) is 43.9 Å². The van der Waals surface area contributed by atoms with Crippen molar-refractivity contribution in [2.24, 2.45) is 0 Å². The zero-order valence-electron chi connectivity index (χ0n) is 12.6. The lowest BCUT2D eigenvalue weighted by atomic mass is 10.1. The van der Waals surface area contributed by atoms with Crippen LogP contribution in [0.4, 0.5) is 0 Å². The van der Waals surface area contributed by atoms with Gasteiger partial charge in [-0.25, -0.2) is 0 Å². The van der Waals surface area contributed by atoms with Crippen molar-refractivity contribution in [1.29, 1.82) is 0 Å². The van der Waals surface area contributed by atoms with Crippen LogP contribution in [0.3, 0.4) is 0 Å². The smallest absolute Gasteiger partial charge is 0.264 e. The van der Waals surface area contributed by atoms with E-state index in [4.69, 9.17) is 4.55 Å². The highest BCUT2D eigenvalue weighted by Crippen LogP contribution is 2.09. The average Bonchev–Trinajstić information content (AvgIpc) is 2.38.